The van der Waals surface area contributed by atoms with E-state index in [4.69, 9.17) is 0 Å². The van der Waals surface area contributed by atoms with Crippen molar-refractivity contribution in [1.82, 2.24) is 14.5 Å². The van der Waals surface area contributed by atoms with Crippen LogP contribution in [0, 0.1) is 6.92 Å². The molecular weight excluding hydrogens is 320 g/mol. The first-order valence-electron chi connectivity index (χ1n) is 5.49. The Morgan fingerprint density at radius 3 is 2.75 bits per heavy atom. The zero-order chi connectivity index (χ0) is 14.8. The number of hydrogen-bond donors (Lipinski definition) is 1. The van der Waals surface area contributed by atoms with E-state index in [2.05, 4.69) is 15.5 Å². The molecule has 0 fully saturated rings. The van der Waals surface area contributed by atoms with Crippen molar-refractivity contribution >= 4 is 43.7 Å². The molecule has 2 heterocycles. The molecule has 0 atom stereocenters. The van der Waals surface area contributed by atoms with Crippen LogP contribution in [0.4, 0.5) is 5.13 Å². The van der Waals surface area contributed by atoms with Gasteiger partial charge in [0, 0.05) is 7.05 Å². The molecule has 10 heteroatoms. The van der Waals surface area contributed by atoms with Crippen LogP contribution in [0.2, 0.25) is 0 Å². The Morgan fingerprint density at radius 2 is 2.20 bits per heavy atom. The van der Waals surface area contributed by atoms with Gasteiger partial charge >= 0.3 is 0 Å². The van der Waals surface area contributed by atoms with E-state index in [1.54, 1.807) is 18.4 Å². The molecule has 7 nitrogen and oxygen atoms in total. The minimum atomic E-state index is -3.62. The van der Waals surface area contributed by atoms with Gasteiger partial charge in [0.2, 0.25) is 11.0 Å². The lowest BCUT2D eigenvalue weighted by Crippen LogP contribution is -2.34. The van der Waals surface area contributed by atoms with Crippen molar-refractivity contribution < 1.29 is 13.2 Å². The molecule has 0 bridgehead atoms. The molecule has 2 rings (SSSR count). The van der Waals surface area contributed by atoms with Gasteiger partial charge in [-0.15, -0.1) is 21.5 Å². The molecule has 0 unspecified atom stereocenters. The molecule has 0 saturated carbocycles. The predicted octanol–water partition coefficient (Wildman–Crippen LogP) is 1.17. The second-order valence-corrected chi connectivity index (χ2v) is 8.27. The van der Waals surface area contributed by atoms with Crippen LogP contribution in [0.1, 0.15) is 5.01 Å². The van der Waals surface area contributed by atoms with Crippen molar-refractivity contribution in [2.45, 2.75) is 11.1 Å². The third-order valence-corrected chi connectivity index (χ3v) is 6.23. The van der Waals surface area contributed by atoms with E-state index in [-0.39, 0.29) is 10.8 Å². The Morgan fingerprint density at radius 1 is 1.45 bits per heavy atom. The first-order chi connectivity index (χ1) is 9.39. The zero-order valence-corrected chi connectivity index (χ0v) is 13.2. The number of aryl methyl sites for hydroxylation is 1. The summed E-state index contributed by atoms with van der Waals surface area (Å²) >= 11 is 2.34. The van der Waals surface area contributed by atoms with E-state index in [0.29, 0.717) is 5.13 Å². The summed E-state index contributed by atoms with van der Waals surface area (Å²) < 4.78 is 25.4. The highest BCUT2D eigenvalue weighted by molar-refractivity contribution is 7.91. The Labute approximate surface area is 124 Å². The number of thiophene rings is 1. The summed E-state index contributed by atoms with van der Waals surface area (Å²) in [5.74, 6) is -0.455. The van der Waals surface area contributed by atoms with E-state index in [9.17, 15) is 13.2 Å². The van der Waals surface area contributed by atoms with Gasteiger partial charge < -0.3 is 0 Å². The lowest BCUT2D eigenvalue weighted by atomic mass is 10.6. The number of sulfonamides is 1. The van der Waals surface area contributed by atoms with E-state index in [0.717, 1.165) is 20.6 Å². The molecule has 1 N–H and O–H groups in total. The van der Waals surface area contributed by atoms with Crippen LogP contribution in [0.5, 0.6) is 0 Å². The Hall–Kier alpha value is -1.36. The quantitative estimate of drug-likeness (QED) is 0.887. The Balaban J connectivity index is 2.01. The van der Waals surface area contributed by atoms with Crippen molar-refractivity contribution in [2.24, 2.45) is 0 Å². The number of hydrogen-bond acceptors (Lipinski definition) is 7. The number of amides is 1. The third-order valence-electron chi connectivity index (χ3n) is 2.30. The molecule has 2 aromatic heterocycles. The second kappa shape index (κ2) is 5.95. The SMILES string of the molecule is Cc1nnc(NC(=O)CN(C)S(=O)(=O)c2cccs2)s1. The predicted molar refractivity (Wildman–Crippen MR) is 77.4 cm³/mol. The van der Waals surface area contributed by atoms with Crippen LogP contribution in [0.3, 0.4) is 0 Å². The maximum absolute atomic E-state index is 12.1. The fourth-order valence-corrected chi connectivity index (χ4v) is 4.29. The standard InChI is InChI=1S/C10H12N4O3S3/c1-7-12-13-10(19-7)11-8(15)6-14(2)20(16,17)9-4-3-5-18-9/h3-5H,6H2,1-2H3,(H,11,13,15). The second-order valence-electron chi connectivity index (χ2n) is 3.87. The Bertz CT molecular complexity index is 693. The normalized spacial score (nSPS) is 11.8. The highest BCUT2D eigenvalue weighted by atomic mass is 32.2. The van der Waals surface area contributed by atoms with Gasteiger partial charge in [0.1, 0.15) is 9.22 Å². The van der Waals surface area contributed by atoms with Gasteiger partial charge in [-0.3, -0.25) is 10.1 Å². The lowest BCUT2D eigenvalue weighted by molar-refractivity contribution is -0.116. The van der Waals surface area contributed by atoms with E-state index in [1.165, 1.54) is 24.5 Å². The lowest BCUT2D eigenvalue weighted by Gasteiger charge is -2.14. The third kappa shape index (κ3) is 3.39. The number of nitrogens with zero attached hydrogens (tertiary/aromatic N) is 3. The summed E-state index contributed by atoms with van der Waals surface area (Å²) in [5, 5.41) is 12.8. The molecule has 0 aliphatic rings. The van der Waals surface area contributed by atoms with Crippen LogP contribution in [0.25, 0.3) is 0 Å². The average molecular weight is 332 g/mol. The largest absolute Gasteiger partial charge is 0.299 e. The maximum Gasteiger partial charge on any atom is 0.252 e. The minimum Gasteiger partial charge on any atom is -0.299 e. The van der Waals surface area contributed by atoms with Gasteiger partial charge in [-0.25, -0.2) is 8.42 Å². The minimum absolute atomic E-state index is 0.208. The molecule has 20 heavy (non-hydrogen) atoms. The number of carbonyl (C=O) groups excluding carboxylic acids is 1. The number of nitrogens with one attached hydrogen (secondary N) is 1. The number of aromatic nitrogens is 2. The Kier molecular flexibility index (Phi) is 4.48. The van der Waals surface area contributed by atoms with Gasteiger partial charge in [0.05, 0.1) is 6.54 Å². The fraction of sp³-hybridized carbons (Fsp3) is 0.300. The molecule has 0 aliphatic carbocycles. The molecule has 0 radical (unpaired) electrons. The first kappa shape index (κ1) is 15.0. The van der Waals surface area contributed by atoms with Crippen LogP contribution < -0.4 is 5.32 Å². The van der Waals surface area contributed by atoms with Crippen LogP contribution >= 0.6 is 22.7 Å². The molecule has 0 aliphatic heterocycles. The molecule has 2 aromatic rings. The molecular formula is C10H12N4O3S3. The van der Waals surface area contributed by atoms with Crippen molar-refractivity contribution in [3.63, 3.8) is 0 Å². The van der Waals surface area contributed by atoms with Crippen molar-refractivity contribution in [1.29, 1.82) is 0 Å². The van der Waals surface area contributed by atoms with Gasteiger partial charge in [-0.1, -0.05) is 17.4 Å². The highest BCUT2D eigenvalue weighted by Crippen LogP contribution is 2.20. The maximum atomic E-state index is 12.1. The fourth-order valence-electron chi connectivity index (χ4n) is 1.36. The molecule has 1 amide bonds. The summed E-state index contributed by atoms with van der Waals surface area (Å²) in [7, 11) is -2.26. The number of likely N-dealkylation sites (N-methyl/N-ethyl adjacent to an activating group) is 1. The summed E-state index contributed by atoms with van der Waals surface area (Å²) in [5.41, 5.74) is 0. The molecule has 0 spiro atoms. The molecule has 0 saturated heterocycles. The average Bonchev–Trinajstić information content (AvgIpc) is 3.00. The summed E-state index contributed by atoms with van der Waals surface area (Å²) in [4.78, 5) is 11.8. The summed E-state index contributed by atoms with van der Waals surface area (Å²) in [6.07, 6.45) is 0. The first-order valence-corrected chi connectivity index (χ1v) is 8.63. The van der Waals surface area contributed by atoms with Crippen molar-refractivity contribution in [2.75, 3.05) is 18.9 Å². The topological polar surface area (TPSA) is 92.3 Å². The summed E-state index contributed by atoms with van der Waals surface area (Å²) in [6.45, 7) is 1.49. The zero-order valence-electron chi connectivity index (χ0n) is 10.7. The number of carbonyl (C=O) groups is 1. The van der Waals surface area contributed by atoms with Crippen LogP contribution in [-0.2, 0) is 14.8 Å². The van der Waals surface area contributed by atoms with Gasteiger partial charge in [0.25, 0.3) is 10.0 Å². The van der Waals surface area contributed by atoms with E-state index >= 15 is 0 Å². The van der Waals surface area contributed by atoms with Gasteiger partial charge in [-0.05, 0) is 18.4 Å². The highest BCUT2D eigenvalue weighted by Gasteiger charge is 2.24. The van der Waals surface area contributed by atoms with Crippen LogP contribution in [-0.4, -0.2) is 42.4 Å². The molecule has 0 aromatic carbocycles. The smallest absolute Gasteiger partial charge is 0.252 e. The number of anilines is 1. The summed E-state index contributed by atoms with van der Waals surface area (Å²) in [6, 6.07) is 3.15. The van der Waals surface area contributed by atoms with E-state index < -0.39 is 15.9 Å². The van der Waals surface area contributed by atoms with Crippen molar-refractivity contribution in [3.05, 3.63) is 22.5 Å². The van der Waals surface area contributed by atoms with Gasteiger partial charge in [-0.2, -0.15) is 4.31 Å². The van der Waals surface area contributed by atoms with Crippen molar-refractivity contribution in [3.8, 4) is 0 Å². The monoisotopic (exact) mass is 332 g/mol. The van der Waals surface area contributed by atoms with Gasteiger partial charge in [0.15, 0.2) is 0 Å². The van der Waals surface area contributed by atoms with Crippen LogP contribution in [0.15, 0.2) is 21.7 Å². The number of rotatable bonds is 5. The molecule has 108 valence electrons. The van der Waals surface area contributed by atoms with E-state index in [1.807, 2.05) is 0 Å².